The minimum atomic E-state index is 0.685. The van der Waals surface area contributed by atoms with E-state index < -0.39 is 0 Å². The van der Waals surface area contributed by atoms with Crippen LogP contribution in [0.1, 0.15) is 26.0 Å². The van der Waals surface area contributed by atoms with Gasteiger partial charge in [-0.15, -0.1) is 11.3 Å². The maximum absolute atomic E-state index is 4.67. The van der Waals surface area contributed by atoms with Crippen molar-refractivity contribution in [1.29, 1.82) is 0 Å². The van der Waals surface area contributed by atoms with Crippen molar-refractivity contribution in [3.05, 3.63) is 41.4 Å². The summed E-state index contributed by atoms with van der Waals surface area (Å²) < 4.78 is 0. The van der Waals surface area contributed by atoms with Crippen molar-refractivity contribution >= 4 is 17.3 Å². The Hall–Kier alpha value is -1.88. The Labute approximate surface area is 136 Å². The summed E-state index contributed by atoms with van der Waals surface area (Å²) >= 11 is 1.67. The van der Waals surface area contributed by atoms with Crippen LogP contribution >= 0.6 is 11.3 Å². The molecule has 2 N–H and O–H groups in total. The molecule has 0 unspecified atom stereocenters. The van der Waals surface area contributed by atoms with Crippen molar-refractivity contribution in [3.63, 3.8) is 0 Å². The SMILES string of the molecule is CN=C(NCCC(C)C)NCc1csc(-c2ccccc2)n1. The van der Waals surface area contributed by atoms with Gasteiger partial charge in [-0.1, -0.05) is 44.2 Å². The lowest BCUT2D eigenvalue weighted by Gasteiger charge is -2.11. The van der Waals surface area contributed by atoms with Gasteiger partial charge in [-0.05, 0) is 12.3 Å². The van der Waals surface area contributed by atoms with Crippen LogP contribution in [0.4, 0.5) is 0 Å². The van der Waals surface area contributed by atoms with Crippen LogP contribution in [0, 0.1) is 5.92 Å². The number of thiazole rings is 1. The van der Waals surface area contributed by atoms with Gasteiger partial charge in [0, 0.05) is 24.5 Å². The molecule has 0 amide bonds. The molecule has 1 aromatic carbocycles. The zero-order valence-electron chi connectivity index (χ0n) is 13.5. The highest BCUT2D eigenvalue weighted by atomic mass is 32.1. The first kappa shape index (κ1) is 16.5. The Bertz CT molecular complexity index is 590. The highest BCUT2D eigenvalue weighted by molar-refractivity contribution is 7.13. The Morgan fingerprint density at radius 3 is 2.68 bits per heavy atom. The van der Waals surface area contributed by atoms with Crippen molar-refractivity contribution in [1.82, 2.24) is 15.6 Å². The minimum Gasteiger partial charge on any atom is -0.356 e. The average Bonchev–Trinajstić information content (AvgIpc) is 3.00. The molecule has 0 saturated carbocycles. The van der Waals surface area contributed by atoms with Gasteiger partial charge in [0.2, 0.25) is 0 Å². The van der Waals surface area contributed by atoms with E-state index in [-0.39, 0.29) is 0 Å². The number of hydrogen-bond donors (Lipinski definition) is 2. The van der Waals surface area contributed by atoms with Gasteiger partial charge in [-0.25, -0.2) is 4.98 Å². The van der Waals surface area contributed by atoms with Crippen LogP contribution in [0.2, 0.25) is 0 Å². The van der Waals surface area contributed by atoms with Crippen LogP contribution in [-0.4, -0.2) is 24.5 Å². The number of hydrogen-bond acceptors (Lipinski definition) is 3. The van der Waals surface area contributed by atoms with E-state index >= 15 is 0 Å². The molecule has 0 saturated heterocycles. The maximum atomic E-state index is 4.67. The van der Waals surface area contributed by atoms with Crippen molar-refractivity contribution in [2.75, 3.05) is 13.6 Å². The molecule has 1 heterocycles. The Morgan fingerprint density at radius 2 is 2.00 bits per heavy atom. The van der Waals surface area contributed by atoms with Gasteiger partial charge in [0.1, 0.15) is 5.01 Å². The highest BCUT2D eigenvalue weighted by Crippen LogP contribution is 2.23. The fourth-order valence-electron chi connectivity index (χ4n) is 1.98. The van der Waals surface area contributed by atoms with Gasteiger partial charge in [0.05, 0.1) is 12.2 Å². The summed E-state index contributed by atoms with van der Waals surface area (Å²) in [5.74, 6) is 1.52. The lowest BCUT2D eigenvalue weighted by molar-refractivity contribution is 0.573. The van der Waals surface area contributed by atoms with Crippen molar-refractivity contribution in [2.45, 2.75) is 26.8 Å². The van der Waals surface area contributed by atoms with Gasteiger partial charge < -0.3 is 10.6 Å². The number of aromatic nitrogens is 1. The quantitative estimate of drug-likeness (QED) is 0.633. The molecule has 5 heteroatoms. The largest absolute Gasteiger partial charge is 0.356 e. The molecule has 118 valence electrons. The maximum Gasteiger partial charge on any atom is 0.191 e. The topological polar surface area (TPSA) is 49.3 Å². The van der Waals surface area contributed by atoms with Gasteiger partial charge >= 0.3 is 0 Å². The van der Waals surface area contributed by atoms with Crippen LogP contribution in [0.3, 0.4) is 0 Å². The average molecular weight is 316 g/mol. The van der Waals surface area contributed by atoms with E-state index in [1.54, 1.807) is 18.4 Å². The number of rotatable bonds is 6. The molecule has 1 aromatic heterocycles. The normalized spacial score (nSPS) is 11.7. The van der Waals surface area contributed by atoms with Crippen LogP contribution < -0.4 is 10.6 Å². The fourth-order valence-corrected chi connectivity index (χ4v) is 2.80. The Morgan fingerprint density at radius 1 is 1.23 bits per heavy atom. The first-order chi connectivity index (χ1) is 10.7. The molecule has 0 spiro atoms. The van der Waals surface area contributed by atoms with Crippen molar-refractivity contribution < 1.29 is 0 Å². The number of nitrogens with one attached hydrogen (secondary N) is 2. The predicted molar refractivity (Wildman–Crippen MR) is 95.2 cm³/mol. The number of aliphatic imine (C=N–C) groups is 1. The van der Waals surface area contributed by atoms with E-state index in [0.29, 0.717) is 12.5 Å². The second kappa shape index (κ2) is 8.54. The van der Waals surface area contributed by atoms with Crippen molar-refractivity contribution in [3.8, 4) is 10.6 Å². The zero-order valence-corrected chi connectivity index (χ0v) is 14.3. The van der Waals surface area contributed by atoms with Crippen LogP contribution in [0.15, 0.2) is 40.7 Å². The van der Waals surface area contributed by atoms with Gasteiger partial charge in [0.15, 0.2) is 5.96 Å². The Kier molecular flexibility index (Phi) is 6.40. The second-order valence-corrected chi connectivity index (χ2v) is 6.40. The first-order valence-electron chi connectivity index (χ1n) is 7.63. The fraction of sp³-hybridized carbons (Fsp3) is 0.412. The molecule has 0 radical (unpaired) electrons. The lowest BCUT2D eigenvalue weighted by Crippen LogP contribution is -2.37. The molecular weight excluding hydrogens is 292 g/mol. The first-order valence-corrected chi connectivity index (χ1v) is 8.51. The third kappa shape index (κ3) is 5.15. The molecule has 0 aliphatic rings. The van der Waals surface area contributed by atoms with E-state index in [9.17, 15) is 0 Å². The van der Waals surface area contributed by atoms with Crippen LogP contribution in [0.5, 0.6) is 0 Å². The summed E-state index contributed by atoms with van der Waals surface area (Å²) in [4.78, 5) is 8.90. The summed E-state index contributed by atoms with van der Waals surface area (Å²) in [6.45, 7) is 6.06. The summed E-state index contributed by atoms with van der Waals surface area (Å²) in [5.41, 5.74) is 2.20. The Balaban J connectivity index is 1.85. The van der Waals surface area contributed by atoms with E-state index in [0.717, 1.165) is 35.2 Å². The van der Waals surface area contributed by atoms with Gasteiger partial charge in [-0.2, -0.15) is 0 Å². The third-order valence-corrected chi connectivity index (χ3v) is 4.19. The summed E-state index contributed by atoms with van der Waals surface area (Å²) in [6.07, 6.45) is 1.13. The van der Waals surface area contributed by atoms with E-state index in [4.69, 9.17) is 0 Å². The van der Waals surface area contributed by atoms with Gasteiger partial charge in [0.25, 0.3) is 0 Å². The molecule has 4 nitrogen and oxygen atoms in total. The highest BCUT2D eigenvalue weighted by Gasteiger charge is 2.05. The summed E-state index contributed by atoms with van der Waals surface area (Å²) in [6, 6.07) is 10.3. The van der Waals surface area contributed by atoms with Gasteiger partial charge in [-0.3, -0.25) is 4.99 Å². The molecule has 0 atom stereocenters. The van der Waals surface area contributed by atoms with E-state index in [1.165, 1.54) is 0 Å². The molecule has 0 aliphatic heterocycles. The van der Waals surface area contributed by atoms with E-state index in [2.05, 4.69) is 52.0 Å². The smallest absolute Gasteiger partial charge is 0.191 e. The molecule has 0 fully saturated rings. The van der Waals surface area contributed by atoms with Crippen molar-refractivity contribution in [2.24, 2.45) is 10.9 Å². The minimum absolute atomic E-state index is 0.685. The number of nitrogens with zero attached hydrogens (tertiary/aromatic N) is 2. The predicted octanol–water partition coefficient (Wildman–Crippen LogP) is 3.52. The molecule has 2 rings (SSSR count). The van der Waals surface area contributed by atoms with Crippen LogP contribution in [0.25, 0.3) is 10.6 Å². The molecular formula is C17H24N4S. The monoisotopic (exact) mass is 316 g/mol. The zero-order chi connectivity index (χ0) is 15.8. The molecule has 22 heavy (non-hydrogen) atoms. The molecule has 0 bridgehead atoms. The number of benzene rings is 1. The second-order valence-electron chi connectivity index (χ2n) is 5.55. The van der Waals surface area contributed by atoms with E-state index in [1.807, 2.05) is 18.2 Å². The number of guanidine groups is 1. The summed E-state index contributed by atoms with van der Waals surface area (Å²) in [5, 5.41) is 9.78. The lowest BCUT2D eigenvalue weighted by atomic mass is 10.1. The molecule has 0 aliphatic carbocycles. The standard InChI is InChI=1S/C17H24N4S/c1-13(2)9-10-19-17(18-3)20-11-15-12-22-16(21-15)14-7-5-4-6-8-14/h4-8,12-13H,9-11H2,1-3H3,(H2,18,19,20). The molecule has 2 aromatic rings. The summed E-state index contributed by atoms with van der Waals surface area (Å²) in [7, 11) is 1.79. The third-order valence-electron chi connectivity index (χ3n) is 3.25. The van der Waals surface area contributed by atoms with Crippen LogP contribution in [-0.2, 0) is 6.54 Å².